The van der Waals surface area contributed by atoms with E-state index in [1.807, 2.05) is 0 Å². The van der Waals surface area contributed by atoms with Crippen molar-refractivity contribution in [3.8, 4) is 0 Å². The Morgan fingerprint density at radius 1 is 1.45 bits per heavy atom. The zero-order chi connectivity index (χ0) is 15.6. The van der Waals surface area contributed by atoms with Gasteiger partial charge in [-0.15, -0.1) is 0 Å². The van der Waals surface area contributed by atoms with E-state index in [4.69, 9.17) is 10.5 Å². The lowest BCUT2D eigenvalue weighted by Crippen LogP contribution is -2.46. The van der Waals surface area contributed by atoms with Gasteiger partial charge in [-0.3, -0.25) is 19.3 Å². The molecule has 1 aliphatic rings. The van der Waals surface area contributed by atoms with Crippen molar-refractivity contribution in [2.24, 2.45) is 11.1 Å². The molecule has 1 fully saturated rings. The number of amides is 2. The number of nitrogens with two attached hydrogens (primary N) is 1. The summed E-state index contributed by atoms with van der Waals surface area (Å²) in [7, 11) is 0. The molecule has 0 aliphatic carbocycles. The van der Waals surface area contributed by atoms with Crippen LogP contribution >= 0.6 is 0 Å². The minimum absolute atomic E-state index is 0.155. The predicted molar refractivity (Wildman–Crippen MR) is 73.6 cm³/mol. The fraction of sp³-hybridized carbons (Fsp3) is 0.786. The molecule has 1 heterocycles. The first kappa shape index (κ1) is 16.6. The topological polar surface area (TPSA) is 89.7 Å². The van der Waals surface area contributed by atoms with Crippen molar-refractivity contribution >= 4 is 17.8 Å². The van der Waals surface area contributed by atoms with Gasteiger partial charge in [0, 0.05) is 13.0 Å². The van der Waals surface area contributed by atoms with E-state index in [9.17, 15) is 14.4 Å². The molecule has 1 rings (SSSR count). The van der Waals surface area contributed by atoms with Gasteiger partial charge in [0.05, 0.1) is 12.0 Å². The van der Waals surface area contributed by atoms with E-state index in [1.54, 1.807) is 27.7 Å². The van der Waals surface area contributed by atoms with Gasteiger partial charge in [0.1, 0.15) is 5.54 Å². The zero-order valence-electron chi connectivity index (χ0n) is 12.7. The second-order valence-corrected chi connectivity index (χ2v) is 6.15. The molecule has 1 aliphatic heterocycles. The van der Waals surface area contributed by atoms with E-state index in [0.717, 1.165) is 0 Å². The summed E-state index contributed by atoms with van der Waals surface area (Å²) in [4.78, 5) is 36.7. The molecule has 2 amide bonds. The van der Waals surface area contributed by atoms with E-state index < -0.39 is 16.9 Å². The van der Waals surface area contributed by atoms with Crippen molar-refractivity contribution in [2.75, 3.05) is 13.2 Å². The standard InChI is InChI=1S/C14H24N2O4/c1-5-20-12(19)14(4,15)7-6-8-16-10(17)9-13(2,3)11(16)18/h5-9,15H2,1-4H3. The van der Waals surface area contributed by atoms with Gasteiger partial charge < -0.3 is 10.5 Å². The highest BCUT2D eigenvalue weighted by Crippen LogP contribution is 2.31. The van der Waals surface area contributed by atoms with Crippen LogP contribution in [-0.4, -0.2) is 41.4 Å². The summed E-state index contributed by atoms with van der Waals surface area (Å²) in [5, 5.41) is 0. The Kier molecular flexibility index (Phi) is 4.91. The molecule has 0 bridgehead atoms. The number of carbonyl (C=O) groups is 3. The highest BCUT2D eigenvalue weighted by molar-refractivity contribution is 6.05. The molecule has 0 spiro atoms. The maximum atomic E-state index is 12.0. The van der Waals surface area contributed by atoms with Gasteiger partial charge in [0.15, 0.2) is 0 Å². The summed E-state index contributed by atoms with van der Waals surface area (Å²) >= 11 is 0. The van der Waals surface area contributed by atoms with Crippen LogP contribution < -0.4 is 5.73 Å². The third-order valence-corrected chi connectivity index (χ3v) is 3.54. The van der Waals surface area contributed by atoms with E-state index in [-0.39, 0.29) is 24.8 Å². The van der Waals surface area contributed by atoms with Gasteiger partial charge >= 0.3 is 5.97 Å². The number of rotatable bonds is 6. The monoisotopic (exact) mass is 284 g/mol. The summed E-state index contributed by atoms with van der Waals surface area (Å²) in [6, 6.07) is 0. The molecule has 0 saturated carbocycles. The molecule has 0 radical (unpaired) electrons. The van der Waals surface area contributed by atoms with E-state index in [0.29, 0.717) is 19.4 Å². The molecule has 1 saturated heterocycles. The van der Waals surface area contributed by atoms with Crippen LogP contribution in [0.15, 0.2) is 0 Å². The summed E-state index contributed by atoms with van der Waals surface area (Å²) in [5.74, 6) is -0.772. The number of nitrogens with zero attached hydrogens (tertiary/aromatic N) is 1. The third kappa shape index (κ3) is 3.56. The Hall–Kier alpha value is -1.43. The molecular weight excluding hydrogens is 260 g/mol. The average Bonchev–Trinajstić information content (AvgIpc) is 2.51. The molecule has 1 unspecified atom stereocenters. The van der Waals surface area contributed by atoms with Crippen LogP contribution in [0.1, 0.15) is 47.0 Å². The van der Waals surface area contributed by atoms with E-state index in [2.05, 4.69) is 0 Å². The third-order valence-electron chi connectivity index (χ3n) is 3.54. The van der Waals surface area contributed by atoms with Crippen molar-refractivity contribution in [1.29, 1.82) is 0 Å². The SMILES string of the molecule is CCOC(=O)C(C)(N)CCCN1C(=O)CC(C)(C)C1=O. The van der Waals surface area contributed by atoms with Crippen molar-refractivity contribution in [2.45, 2.75) is 52.5 Å². The molecular formula is C14H24N2O4. The summed E-state index contributed by atoms with van der Waals surface area (Å²) < 4.78 is 4.89. The van der Waals surface area contributed by atoms with Crippen molar-refractivity contribution in [3.63, 3.8) is 0 Å². The quantitative estimate of drug-likeness (QED) is 0.576. The fourth-order valence-corrected chi connectivity index (χ4v) is 2.26. The molecule has 20 heavy (non-hydrogen) atoms. The lowest BCUT2D eigenvalue weighted by Gasteiger charge is -2.23. The Labute approximate surface area is 119 Å². The van der Waals surface area contributed by atoms with Gasteiger partial charge in [-0.05, 0) is 26.7 Å². The van der Waals surface area contributed by atoms with Crippen LogP contribution in [0.2, 0.25) is 0 Å². The van der Waals surface area contributed by atoms with Crippen molar-refractivity contribution < 1.29 is 19.1 Å². The predicted octanol–water partition coefficient (Wildman–Crippen LogP) is 0.832. The first-order valence-electron chi connectivity index (χ1n) is 6.93. The largest absolute Gasteiger partial charge is 0.465 e. The van der Waals surface area contributed by atoms with Crippen LogP contribution in [0.25, 0.3) is 0 Å². The molecule has 1 atom stereocenters. The lowest BCUT2D eigenvalue weighted by atomic mass is 9.92. The van der Waals surface area contributed by atoms with Gasteiger partial charge in [0.25, 0.3) is 0 Å². The van der Waals surface area contributed by atoms with Gasteiger partial charge in [-0.2, -0.15) is 0 Å². The number of imide groups is 1. The Bertz CT molecular complexity index is 415. The second kappa shape index (κ2) is 5.91. The summed E-state index contributed by atoms with van der Waals surface area (Å²) in [5.41, 5.74) is 4.18. The number of ether oxygens (including phenoxy) is 1. The molecule has 0 aromatic rings. The van der Waals surface area contributed by atoms with Crippen LogP contribution in [0.3, 0.4) is 0 Å². The smallest absolute Gasteiger partial charge is 0.325 e. The normalized spacial score (nSPS) is 20.9. The molecule has 6 heteroatoms. The maximum Gasteiger partial charge on any atom is 0.325 e. The highest BCUT2D eigenvalue weighted by atomic mass is 16.5. The van der Waals surface area contributed by atoms with Gasteiger partial charge in [0.2, 0.25) is 11.8 Å². The molecule has 2 N–H and O–H groups in total. The Morgan fingerprint density at radius 2 is 2.05 bits per heavy atom. The minimum atomic E-state index is -1.09. The summed E-state index contributed by atoms with van der Waals surface area (Å²) in [6.07, 6.45) is 1.09. The highest BCUT2D eigenvalue weighted by Gasteiger charge is 2.44. The molecule has 0 aromatic heterocycles. The maximum absolute atomic E-state index is 12.0. The van der Waals surface area contributed by atoms with Crippen molar-refractivity contribution in [1.82, 2.24) is 4.90 Å². The second-order valence-electron chi connectivity index (χ2n) is 6.15. The number of esters is 1. The van der Waals surface area contributed by atoms with Crippen LogP contribution in [-0.2, 0) is 19.1 Å². The zero-order valence-corrected chi connectivity index (χ0v) is 12.7. The first-order valence-corrected chi connectivity index (χ1v) is 6.93. The Morgan fingerprint density at radius 3 is 2.50 bits per heavy atom. The summed E-state index contributed by atoms with van der Waals surface area (Å²) in [6.45, 7) is 7.42. The van der Waals surface area contributed by atoms with Crippen LogP contribution in [0.5, 0.6) is 0 Å². The lowest BCUT2D eigenvalue weighted by molar-refractivity contribution is -0.149. The number of hydrogen-bond acceptors (Lipinski definition) is 5. The van der Waals surface area contributed by atoms with Crippen molar-refractivity contribution in [3.05, 3.63) is 0 Å². The molecule has 0 aromatic carbocycles. The Balaban J connectivity index is 2.51. The molecule has 6 nitrogen and oxygen atoms in total. The van der Waals surface area contributed by atoms with Gasteiger partial charge in [-0.25, -0.2) is 0 Å². The number of hydrogen-bond donors (Lipinski definition) is 1. The number of carbonyl (C=O) groups excluding carboxylic acids is 3. The first-order chi connectivity index (χ1) is 9.12. The fourth-order valence-electron chi connectivity index (χ4n) is 2.26. The minimum Gasteiger partial charge on any atom is -0.465 e. The average molecular weight is 284 g/mol. The molecule has 114 valence electrons. The van der Waals surface area contributed by atoms with Crippen LogP contribution in [0, 0.1) is 5.41 Å². The number of likely N-dealkylation sites (tertiary alicyclic amines) is 1. The van der Waals surface area contributed by atoms with E-state index >= 15 is 0 Å². The van der Waals surface area contributed by atoms with Crippen LogP contribution in [0.4, 0.5) is 0 Å². The van der Waals surface area contributed by atoms with Gasteiger partial charge in [-0.1, -0.05) is 13.8 Å². The van der Waals surface area contributed by atoms with E-state index in [1.165, 1.54) is 4.90 Å².